The van der Waals surface area contributed by atoms with E-state index in [9.17, 15) is 29.1 Å². The first kappa shape index (κ1) is 32.7. The van der Waals surface area contributed by atoms with Gasteiger partial charge in [-0.05, 0) is 29.2 Å². The molecular formula is C32H39N7O6. The van der Waals surface area contributed by atoms with Gasteiger partial charge in [-0.2, -0.15) is 0 Å². The van der Waals surface area contributed by atoms with Gasteiger partial charge >= 0.3 is 5.97 Å². The van der Waals surface area contributed by atoms with Gasteiger partial charge in [0.25, 0.3) is 0 Å². The second-order valence-electron chi connectivity index (χ2n) is 11.2. The third-order valence-corrected chi connectivity index (χ3v) is 8.04. The Balaban J connectivity index is 1.55. The standard InChI is InChI=1S/C32H39N7O6/c1-3-17(2)28(34)31(43)38-24(12-18-15-35-22-10-6-4-8-20(18)22)29(41)37-25(14-27(33)40)30(42)39-26(32(44)45)13-19-16-36-23-11-7-5-9-21(19)23/h4-11,15-17,24-26,28,35-36H,3,12-14,34H2,1-2H3,(H2,33,40)(H,37,41)(H,38,43)(H,39,42)(H,44,45). The van der Waals surface area contributed by atoms with E-state index in [-0.39, 0.29) is 18.8 Å². The molecule has 2 aromatic heterocycles. The number of aliphatic carboxylic acids is 1. The van der Waals surface area contributed by atoms with Crippen LogP contribution in [0.3, 0.4) is 0 Å². The van der Waals surface area contributed by atoms with Crippen LogP contribution in [0.1, 0.15) is 37.8 Å². The molecule has 0 aliphatic carbocycles. The average Bonchev–Trinajstić information content (AvgIpc) is 3.62. The average molecular weight is 618 g/mol. The fraction of sp³-hybridized carbons (Fsp3) is 0.344. The van der Waals surface area contributed by atoms with Gasteiger partial charge in [-0.3, -0.25) is 19.2 Å². The number of fused-ring (bicyclic) bond motifs is 2. The molecule has 0 radical (unpaired) electrons. The van der Waals surface area contributed by atoms with Crippen LogP contribution in [-0.4, -0.2) is 68.8 Å². The van der Waals surface area contributed by atoms with Crippen molar-refractivity contribution in [3.05, 3.63) is 72.1 Å². The number of benzene rings is 2. The second kappa shape index (κ2) is 14.5. The summed E-state index contributed by atoms with van der Waals surface area (Å²) >= 11 is 0. The maximum Gasteiger partial charge on any atom is 0.326 e. The number of aromatic nitrogens is 2. The molecule has 2 heterocycles. The lowest BCUT2D eigenvalue weighted by molar-refractivity contribution is -0.142. The van der Waals surface area contributed by atoms with Gasteiger partial charge in [0, 0.05) is 47.0 Å². The van der Waals surface area contributed by atoms with Crippen molar-refractivity contribution in [2.24, 2.45) is 17.4 Å². The molecule has 0 aliphatic heterocycles. The number of carboxylic acid groups (broad SMARTS) is 1. The Kier molecular flexibility index (Phi) is 10.6. The molecule has 4 rings (SSSR count). The fourth-order valence-corrected chi connectivity index (χ4v) is 5.19. The molecule has 4 aromatic rings. The molecule has 13 nitrogen and oxygen atoms in total. The molecule has 45 heavy (non-hydrogen) atoms. The van der Waals surface area contributed by atoms with Crippen molar-refractivity contribution in [2.75, 3.05) is 0 Å². The van der Waals surface area contributed by atoms with Gasteiger partial charge in [0.1, 0.15) is 18.1 Å². The Morgan fingerprint density at radius 3 is 1.73 bits per heavy atom. The molecular weight excluding hydrogens is 578 g/mol. The van der Waals surface area contributed by atoms with Crippen LogP contribution >= 0.6 is 0 Å². The lowest BCUT2D eigenvalue weighted by Gasteiger charge is -2.26. The number of hydrogen-bond donors (Lipinski definition) is 8. The van der Waals surface area contributed by atoms with Crippen LogP contribution in [0.4, 0.5) is 0 Å². The van der Waals surface area contributed by atoms with Crippen molar-refractivity contribution in [3.63, 3.8) is 0 Å². The summed E-state index contributed by atoms with van der Waals surface area (Å²) in [6.45, 7) is 3.71. The van der Waals surface area contributed by atoms with Crippen molar-refractivity contribution in [2.45, 2.75) is 63.7 Å². The Bertz CT molecular complexity index is 1700. The number of amides is 4. The molecule has 13 heteroatoms. The summed E-state index contributed by atoms with van der Waals surface area (Å²) < 4.78 is 0. The number of aromatic amines is 2. The van der Waals surface area contributed by atoms with Crippen molar-refractivity contribution < 1.29 is 29.1 Å². The number of carboxylic acids is 1. The number of carbonyl (C=O) groups is 5. The summed E-state index contributed by atoms with van der Waals surface area (Å²) in [6, 6.07) is 9.79. The number of nitrogens with two attached hydrogens (primary N) is 2. The number of carbonyl (C=O) groups excluding carboxylic acids is 4. The molecule has 238 valence electrons. The van der Waals surface area contributed by atoms with Crippen LogP contribution in [-0.2, 0) is 36.8 Å². The van der Waals surface area contributed by atoms with Crippen molar-refractivity contribution in [3.8, 4) is 0 Å². The van der Waals surface area contributed by atoms with Gasteiger partial charge in [-0.15, -0.1) is 0 Å². The number of nitrogens with one attached hydrogen (secondary N) is 5. The van der Waals surface area contributed by atoms with Gasteiger partial charge in [0.05, 0.1) is 12.5 Å². The summed E-state index contributed by atoms with van der Waals surface area (Å²) in [7, 11) is 0. The van der Waals surface area contributed by atoms with Crippen molar-refractivity contribution in [1.82, 2.24) is 25.9 Å². The van der Waals surface area contributed by atoms with E-state index in [0.29, 0.717) is 12.0 Å². The number of primary amides is 1. The number of rotatable bonds is 15. The van der Waals surface area contributed by atoms with Crippen molar-refractivity contribution in [1.29, 1.82) is 0 Å². The van der Waals surface area contributed by atoms with E-state index in [1.807, 2.05) is 62.4 Å². The summed E-state index contributed by atoms with van der Waals surface area (Å²) in [5.74, 6) is -4.60. The van der Waals surface area contributed by atoms with E-state index >= 15 is 0 Å². The minimum Gasteiger partial charge on any atom is -0.480 e. The summed E-state index contributed by atoms with van der Waals surface area (Å²) in [5.41, 5.74) is 14.6. The molecule has 5 unspecified atom stereocenters. The second-order valence-corrected chi connectivity index (χ2v) is 11.2. The molecule has 2 aromatic carbocycles. The first-order valence-corrected chi connectivity index (χ1v) is 14.8. The largest absolute Gasteiger partial charge is 0.480 e. The van der Waals surface area contributed by atoms with Gasteiger partial charge in [0.2, 0.25) is 23.6 Å². The number of hydrogen-bond acceptors (Lipinski definition) is 6. The molecule has 10 N–H and O–H groups in total. The van der Waals surface area contributed by atoms with Crippen LogP contribution in [0.15, 0.2) is 60.9 Å². The lowest BCUT2D eigenvalue weighted by Crippen LogP contribution is -2.58. The third kappa shape index (κ3) is 8.06. The molecule has 4 amide bonds. The highest BCUT2D eigenvalue weighted by molar-refractivity contribution is 5.97. The predicted molar refractivity (Wildman–Crippen MR) is 169 cm³/mol. The topological polar surface area (TPSA) is 225 Å². The van der Waals surface area contributed by atoms with E-state index in [1.165, 1.54) is 0 Å². The first-order valence-electron chi connectivity index (χ1n) is 14.8. The van der Waals surface area contributed by atoms with Gasteiger partial charge < -0.3 is 42.5 Å². The highest BCUT2D eigenvalue weighted by atomic mass is 16.4. The zero-order valence-corrected chi connectivity index (χ0v) is 25.1. The van der Waals surface area contributed by atoms with Crippen LogP contribution in [0.25, 0.3) is 21.8 Å². The summed E-state index contributed by atoms with van der Waals surface area (Å²) in [5, 5.41) is 19.2. The van der Waals surface area contributed by atoms with E-state index in [4.69, 9.17) is 11.5 Å². The quantitative estimate of drug-likeness (QED) is 0.0972. The molecule has 0 spiro atoms. The van der Waals surface area contributed by atoms with Gasteiger partial charge in [-0.25, -0.2) is 4.79 Å². The number of para-hydroxylation sites is 2. The number of H-pyrrole nitrogens is 2. The van der Waals surface area contributed by atoms with Crippen LogP contribution < -0.4 is 27.4 Å². The Labute approximate surface area is 259 Å². The lowest BCUT2D eigenvalue weighted by atomic mass is 9.98. The Morgan fingerprint density at radius 1 is 0.756 bits per heavy atom. The third-order valence-electron chi connectivity index (χ3n) is 8.04. The van der Waals surface area contributed by atoms with Crippen molar-refractivity contribution >= 4 is 51.4 Å². The van der Waals surface area contributed by atoms with Crippen LogP contribution in [0.5, 0.6) is 0 Å². The van der Waals surface area contributed by atoms with Gasteiger partial charge in [0.15, 0.2) is 0 Å². The van der Waals surface area contributed by atoms with Crippen LogP contribution in [0, 0.1) is 5.92 Å². The fourth-order valence-electron chi connectivity index (χ4n) is 5.19. The molecule has 0 bridgehead atoms. The zero-order valence-electron chi connectivity index (χ0n) is 25.1. The van der Waals surface area contributed by atoms with E-state index < -0.39 is 60.2 Å². The minimum absolute atomic E-state index is 0.0397. The maximum absolute atomic E-state index is 13.7. The molecule has 5 atom stereocenters. The zero-order chi connectivity index (χ0) is 32.7. The molecule has 0 fully saturated rings. The molecule has 0 aliphatic rings. The normalized spacial score (nSPS) is 14.6. The minimum atomic E-state index is -1.51. The van der Waals surface area contributed by atoms with E-state index in [2.05, 4.69) is 25.9 Å². The smallest absolute Gasteiger partial charge is 0.326 e. The molecule has 0 saturated heterocycles. The maximum atomic E-state index is 13.7. The highest BCUT2D eigenvalue weighted by Crippen LogP contribution is 2.21. The van der Waals surface area contributed by atoms with E-state index in [0.717, 1.165) is 27.4 Å². The first-order chi connectivity index (χ1) is 21.5. The predicted octanol–water partition coefficient (Wildman–Crippen LogP) is 1.22. The SMILES string of the molecule is CCC(C)C(N)C(=O)NC(Cc1c[nH]c2ccccc12)C(=O)NC(CC(N)=O)C(=O)NC(Cc1c[nH]c2ccccc12)C(=O)O. The summed E-state index contributed by atoms with van der Waals surface area (Å²) in [4.78, 5) is 70.4. The van der Waals surface area contributed by atoms with Crippen LogP contribution in [0.2, 0.25) is 0 Å². The Morgan fingerprint density at radius 2 is 1.22 bits per heavy atom. The highest BCUT2D eigenvalue weighted by Gasteiger charge is 2.32. The monoisotopic (exact) mass is 617 g/mol. The molecule has 0 saturated carbocycles. The van der Waals surface area contributed by atoms with Gasteiger partial charge in [-0.1, -0.05) is 56.7 Å². The Hall–Kier alpha value is -5.17. The summed E-state index contributed by atoms with van der Waals surface area (Å²) in [6.07, 6.45) is 3.40. The van der Waals surface area contributed by atoms with E-state index in [1.54, 1.807) is 12.4 Å².